The maximum absolute atomic E-state index is 15.1. The van der Waals surface area contributed by atoms with Gasteiger partial charge in [0.25, 0.3) is 0 Å². The van der Waals surface area contributed by atoms with Gasteiger partial charge in [-0.25, -0.2) is 27.6 Å². The second-order valence-electron chi connectivity index (χ2n) is 8.85. The van der Waals surface area contributed by atoms with Gasteiger partial charge in [0.1, 0.15) is 16.4 Å². The van der Waals surface area contributed by atoms with Gasteiger partial charge >= 0.3 is 6.03 Å². The van der Waals surface area contributed by atoms with Crippen LogP contribution in [0.15, 0.2) is 18.2 Å². The quantitative estimate of drug-likeness (QED) is 0.699. The first-order valence-electron chi connectivity index (χ1n) is 10.8. The lowest BCUT2D eigenvalue weighted by molar-refractivity contribution is 0.0984. The van der Waals surface area contributed by atoms with Crippen LogP contribution in [-0.4, -0.2) is 57.3 Å². The zero-order chi connectivity index (χ0) is 24.1. The normalized spacial score (nSPS) is 23.2. The SMILES string of the molecule is CNC(=O)Nc1ccc(-c2nc(N3CCOCC3C)c3c(n2)C(C)(C)S(=O)(=O)C3C)c(F)c1. The minimum Gasteiger partial charge on any atom is -0.377 e. The summed E-state index contributed by atoms with van der Waals surface area (Å²) in [5, 5.41) is 4.14. The van der Waals surface area contributed by atoms with Crippen LogP contribution in [0.5, 0.6) is 0 Å². The highest BCUT2D eigenvalue weighted by Gasteiger charge is 2.53. The van der Waals surface area contributed by atoms with Gasteiger partial charge in [0.2, 0.25) is 0 Å². The molecule has 1 saturated heterocycles. The molecule has 0 aliphatic carbocycles. The van der Waals surface area contributed by atoms with Crippen molar-refractivity contribution in [2.75, 3.05) is 37.0 Å². The zero-order valence-electron chi connectivity index (χ0n) is 19.3. The van der Waals surface area contributed by atoms with Crippen molar-refractivity contribution in [3.05, 3.63) is 35.3 Å². The van der Waals surface area contributed by atoms with Gasteiger partial charge in [-0.2, -0.15) is 0 Å². The molecule has 2 aromatic rings. The van der Waals surface area contributed by atoms with E-state index in [-0.39, 0.29) is 23.1 Å². The van der Waals surface area contributed by atoms with Crippen LogP contribution in [0.2, 0.25) is 0 Å². The molecule has 0 radical (unpaired) electrons. The van der Waals surface area contributed by atoms with E-state index < -0.39 is 31.7 Å². The first kappa shape index (κ1) is 23.4. The number of hydrogen-bond acceptors (Lipinski definition) is 7. The predicted octanol–water partition coefficient (Wildman–Crippen LogP) is 2.98. The summed E-state index contributed by atoms with van der Waals surface area (Å²) >= 11 is 0. The summed E-state index contributed by atoms with van der Waals surface area (Å²) < 4.78 is 45.9. The zero-order valence-corrected chi connectivity index (χ0v) is 20.1. The molecule has 3 heterocycles. The van der Waals surface area contributed by atoms with Crippen molar-refractivity contribution in [2.24, 2.45) is 0 Å². The van der Waals surface area contributed by atoms with Crippen molar-refractivity contribution in [2.45, 2.75) is 43.7 Å². The summed E-state index contributed by atoms with van der Waals surface area (Å²) in [5.41, 5.74) is 1.35. The van der Waals surface area contributed by atoms with Crippen LogP contribution < -0.4 is 15.5 Å². The van der Waals surface area contributed by atoms with Crippen LogP contribution in [0.1, 0.15) is 44.2 Å². The summed E-state index contributed by atoms with van der Waals surface area (Å²) in [4.78, 5) is 22.8. The molecular formula is C22H28FN5O4S. The van der Waals surface area contributed by atoms with Crippen molar-refractivity contribution >= 4 is 27.4 Å². The van der Waals surface area contributed by atoms with E-state index in [1.165, 1.54) is 19.2 Å². The second-order valence-corrected chi connectivity index (χ2v) is 11.7. The van der Waals surface area contributed by atoms with Gasteiger partial charge in [-0.3, -0.25) is 0 Å². The average Bonchev–Trinajstić information content (AvgIpc) is 2.90. The number of amides is 2. The maximum Gasteiger partial charge on any atom is 0.318 e. The van der Waals surface area contributed by atoms with Crippen LogP contribution >= 0.6 is 0 Å². The molecule has 1 aromatic carbocycles. The molecule has 2 unspecified atom stereocenters. The Hall–Kier alpha value is -2.79. The minimum atomic E-state index is -3.58. The summed E-state index contributed by atoms with van der Waals surface area (Å²) in [6.07, 6.45) is 0. The van der Waals surface area contributed by atoms with E-state index >= 15 is 4.39 Å². The van der Waals surface area contributed by atoms with E-state index in [1.807, 2.05) is 11.8 Å². The van der Waals surface area contributed by atoms with E-state index in [2.05, 4.69) is 15.6 Å². The number of nitrogens with one attached hydrogen (secondary N) is 2. The Morgan fingerprint density at radius 2 is 2.00 bits per heavy atom. The van der Waals surface area contributed by atoms with Crippen LogP contribution in [0.4, 0.5) is 20.7 Å². The summed E-state index contributed by atoms with van der Waals surface area (Å²) in [5.74, 6) is -0.0280. The van der Waals surface area contributed by atoms with Gasteiger partial charge in [-0.15, -0.1) is 0 Å². The fraction of sp³-hybridized carbons (Fsp3) is 0.500. The van der Waals surface area contributed by atoms with E-state index in [4.69, 9.17) is 9.72 Å². The Balaban J connectivity index is 1.90. The number of sulfone groups is 1. The van der Waals surface area contributed by atoms with Crippen molar-refractivity contribution in [3.8, 4) is 11.4 Å². The molecule has 178 valence electrons. The molecule has 2 aliphatic heterocycles. The third kappa shape index (κ3) is 3.72. The number of rotatable bonds is 3. The number of ether oxygens (including phenoxy) is 1. The number of anilines is 2. The molecule has 1 fully saturated rings. The third-order valence-corrected chi connectivity index (χ3v) is 9.20. The maximum atomic E-state index is 15.1. The van der Waals surface area contributed by atoms with Crippen molar-refractivity contribution in [1.82, 2.24) is 15.3 Å². The Labute approximate surface area is 192 Å². The lowest BCUT2D eigenvalue weighted by Crippen LogP contribution is -2.44. The Morgan fingerprint density at radius 1 is 1.27 bits per heavy atom. The molecule has 2 N–H and O–H groups in total. The number of nitrogens with zero attached hydrogens (tertiary/aromatic N) is 3. The summed E-state index contributed by atoms with van der Waals surface area (Å²) in [6.45, 7) is 8.38. The number of aromatic nitrogens is 2. The van der Waals surface area contributed by atoms with E-state index in [1.54, 1.807) is 26.8 Å². The van der Waals surface area contributed by atoms with Gasteiger partial charge in [0, 0.05) is 24.8 Å². The molecule has 9 nitrogen and oxygen atoms in total. The molecule has 0 bridgehead atoms. The topological polar surface area (TPSA) is 114 Å². The molecule has 0 spiro atoms. The molecule has 2 aliphatic rings. The van der Waals surface area contributed by atoms with Crippen LogP contribution in [0.3, 0.4) is 0 Å². The molecule has 1 aromatic heterocycles. The monoisotopic (exact) mass is 477 g/mol. The average molecular weight is 478 g/mol. The highest BCUT2D eigenvalue weighted by atomic mass is 32.2. The third-order valence-electron chi connectivity index (χ3n) is 6.41. The van der Waals surface area contributed by atoms with E-state index in [0.29, 0.717) is 36.8 Å². The largest absolute Gasteiger partial charge is 0.377 e. The Bertz CT molecular complexity index is 1220. The van der Waals surface area contributed by atoms with Crippen LogP contribution in [-0.2, 0) is 19.3 Å². The standard InChI is InChI=1S/C22H28FN5O4S/c1-12-11-32-9-8-28(12)20-17-13(2)33(30,31)22(3,4)18(17)26-19(27-20)15-7-6-14(10-16(15)23)25-21(29)24-5/h6-7,10,12-13H,8-9,11H2,1-5H3,(H2,24,25,29). The lowest BCUT2D eigenvalue weighted by atomic mass is 10.0. The smallest absolute Gasteiger partial charge is 0.318 e. The van der Waals surface area contributed by atoms with Crippen LogP contribution in [0.25, 0.3) is 11.4 Å². The van der Waals surface area contributed by atoms with Crippen molar-refractivity contribution in [1.29, 1.82) is 0 Å². The van der Waals surface area contributed by atoms with Gasteiger partial charge in [0.15, 0.2) is 15.7 Å². The molecule has 11 heteroatoms. The van der Waals surface area contributed by atoms with Crippen molar-refractivity contribution < 1.29 is 22.3 Å². The first-order chi connectivity index (χ1) is 15.5. The first-order valence-corrected chi connectivity index (χ1v) is 12.3. The number of fused-ring (bicyclic) bond motifs is 1. The molecule has 33 heavy (non-hydrogen) atoms. The number of hydrogen-bond donors (Lipinski definition) is 2. The highest BCUT2D eigenvalue weighted by molar-refractivity contribution is 7.92. The number of benzene rings is 1. The second kappa shape index (κ2) is 8.21. The lowest BCUT2D eigenvalue weighted by Gasteiger charge is -2.36. The molecule has 4 rings (SSSR count). The number of halogens is 1. The predicted molar refractivity (Wildman–Crippen MR) is 123 cm³/mol. The summed E-state index contributed by atoms with van der Waals surface area (Å²) in [6, 6.07) is 3.71. The number of urea groups is 1. The number of carbonyl (C=O) groups is 1. The van der Waals surface area contributed by atoms with Gasteiger partial charge < -0.3 is 20.3 Å². The molecular weight excluding hydrogens is 449 g/mol. The van der Waals surface area contributed by atoms with Crippen molar-refractivity contribution in [3.63, 3.8) is 0 Å². The minimum absolute atomic E-state index is 0.0341. The Kier molecular flexibility index (Phi) is 5.81. The van der Waals surface area contributed by atoms with Crippen LogP contribution in [0, 0.1) is 5.82 Å². The van der Waals surface area contributed by atoms with Gasteiger partial charge in [-0.05, 0) is 45.9 Å². The summed E-state index contributed by atoms with van der Waals surface area (Å²) in [7, 11) is -2.12. The van der Waals surface area contributed by atoms with Gasteiger partial charge in [-0.1, -0.05) is 0 Å². The van der Waals surface area contributed by atoms with E-state index in [0.717, 1.165) is 0 Å². The number of carbonyl (C=O) groups excluding carboxylic acids is 1. The highest BCUT2D eigenvalue weighted by Crippen LogP contribution is 2.51. The molecule has 2 amide bonds. The molecule has 2 atom stereocenters. The van der Waals surface area contributed by atoms with E-state index in [9.17, 15) is 13.2 Å². The molecule has 0 saturated carbocycles. The van der Waals surface area contributed by atoms with Gasteiger partial charge in [0.05, 0.1) is 35.8 Å². The Morgan fingerprint density at radius 3 is 2.64 bits per heavy atom. The fourth-order valence-corrected chi connectivity index (χ4v) is 6.21. The number of morpholine rings is 1. The fourth-order valence-electron chi connectivity index (χ4n) is 4.37.